The van der Waals surface area contributed by atoms with Crippen LogP contribution in [0.5, 0.6) is 0 Å². The van der Waals surface area contributed by atoms with Crippen molar-refractivity contribution in [3.8, 4) is 0 Å². The molecule has 0 aliphatic heterocycles. The van der Waals surface area contributed by atoms with Crippen LogP contribution < -0.4 is 0 Å². The van der Waals surface area contributed by atoms with E-state index in [2.05, 4.69) is 13.0 Å². The molecule has 0 saturated carbocycles. The Morgan fingerprint density at radius 3 is 2.55 bits per heavy atom. The van der Waals surface area contributed by atoms with Gasteiger partial charge in [-0.1, -0.05) is 37.3 Å². The normalized spacial score (nSPS) is 13.5. The first-order chi connectivity index (χ1) is 5.31. The van der Waals surface area contributed by atoms with E-state index in [9.17, 15) is 4.39 Å². The van der Waals surface area contributed by atoms with Crippen LogP contribution >= 0.6 is 0 Å². The molecule has 0 aliphatic rings. The molecule has 0 aromatic heterocycles. The average Bonchev–Trinajstić information content (AvgIpc) is 2.04. The highest BCUT2D eigenvalue weighted by atomic mass is 19.1. The maximum absolute atomic E-state index is 11.8. The Bertz CT molecular complexity index is 164. The fourth-order valence-electron chi connectivity index (χ4n) is 0.543. The summed E-state index contributed by atoms with van der Waals surface area (Å²) in [6.07, 6.45) is 10.6. The van der Waals surface area contributed by atoms with E-state index in [1.54, 1.807) is 13.0 Å². The maximum atomic E-state index is 11.8. The summed E-state index contributed by atoms with van der Waals surface area (Å²) in [7, 11) is 0. The summed E-state index contributed by atoms with van der Waals surface area (Å²) in [5, 5.41) is 0. The van der Waals surface area contributed by atoms with Gasteiger partial charge in [-0.2, -0.15) is 0 Å². The molecule has 0 radical (unpaired) electrons. The molecule has 0 amide bonds. The van der Waals surface area contributed by atoms with Crippen molar-refractivity contribution in [3.63, 3.8) is 0 Å². The van der Waals surface area contributed by atoms with Gasteiger partial charge in [0.05, 0.1) is 0 Å². The molecule has 0 rings (SSSR count). The van der Waals surface area contributed by atoms with Gasteiger partial charge < -0.3 is 0 Å². The van der Waals surface area contributed by atoms with Gasteiger partial charge in [-0.05, 0) is 18.9 Å². The lowest BCUT2D eigenvalue weighted by atomic mass is 10.3. The monoisotopic (exact) mass is 154 g/mol. The van der Waals surface area contributed by atoms with Crippen LogP contribution in [-0.4, -0.2) is 6.67 Å². The number of alkyl halides is 1. The third kappa shape index (κ3) is 7.04. The molecule has 0 fully saturated rings. The van der Waals surface area contributed by atoms with Gasteiger partial charge in [-0.15, -0.1) is 0 Å². The number of hydrogen-bond donors (Lipinski definition) is 0. The van der Waals surface area contributed by atoms with E-state index in [1.165, 1.54) is 0 Å². The Kier molecular flexibility index (Phi) is 6.70. The zero-order valence-electron chi connectivity index (χ0n) is 7.18. The summed E-state index contributed by atoms with van der Waals surface area (Å²) >= 11 is 0. The van der Waals surface area contributed by atoms with Gasteiger partial charge in [-0.3, -0.25) is 0 Å². The minimum Gasteiger partial charge on any atom is -0.246 e. The summed E-state index contributed by atoms with van der Waals surface area (Å²) < 4.78 is 11.8. The van der Waals surface area contributed by atoms with Crippen LogP contribution in [0, 0.1) is 0 Å². The average molecular weight is 154 g/mol. The highest BCUT2D eigenvalue weighted by molar-refractivity contribution is 5.15. The highest BCUT2D eigenvalue weighted by Crippen LogP contribution is 1.93. The molecular formula is C10H15F. The third-order valence-electron chi connectivity index (χ3n) is 1.19. The summed E-state index contributed by atoms with van der Waals surface area (Å²) in [5.41, 5.74) is 0.756. The summed E-state index contributed by atoms with van der Waals surface area (Å²) in [6, 6.07) is 0. The van der Waals surface area contributed by atoms with Crippen LogP contribution in [0.4, 0.5) is 4.39 Å². The smallest absolute Gasteiger partial charge is 0.111 e. The van der Waals surface area contributed by atoms with Gasteiger partial charge in [0.15, 0.2) is 0 Å². The molecule has 1 heteroatoms. The van der Waals surface area contributed by atoms with Crippen LogP contribution in [-0.2, 0) is 0 Å². The summed E-state index contributed by atoms with van der Waals surface area (Å²) in [6.45, 7) is 3.49. The lowest BCUT2D eigenvalue weighted by Crippen LogP contribution is -1.73. The van der Waals surface area contributed by atoms with E-state index in [1.807, 2.05) is 18.2 Å². The zero-order valence-corrected chi connectivity index (χ0v) is 7.18. The van der Waals surface area contributed by atoms with Crippen LogP contribution in [0.1, 0.15) is 20.3 Å². The first kappa shape index (κ1) is 10.2. The summed E-state index contributed by atoms with van der Waals surface area (Å²) in [5.74, 6) is 0. The SMILES string of the molecule is CC/C=C/C=C\C=C(/C)CF. The first-order valence-corrected chi connectivity index (χ1v) is 3.86. The topological polar surface area (TPSA) is 0 Å². The zero-order chi connectivity index (χ0) is 8.53. The molecule has 0 nitrogen and oxygen atoms in total. The molecule has 0 heterocycles. The van der Waals surface area contributed by atoms with Gasteiger partial charge in [0.2, 0.25) is 0 Å². The van der Waals surface area contributed by atoms with Crippen molar-refractivity contribution in [2.45, 2.75) is 20.3 Å². The Morgan fingerprint density at radius 1 is 1.27 bits per heavy atom. The van der Waals surface area contributed by atoms with Gasteiger partial charge >= 0.3 is 0 Å². The first-order valence-electron chi connectivity index (χ1n) is 3.86. The van der Waals surface area contributed by atoms with Crippen molar-refractivity contribution in [2.75, 3.05) is 6.67 Å². The number of hydrogen-bond acceptors (Lipinski definition) is 0. The lowest BCUT2D eigenvalue weighted by molar-refractivity contribution is 0.543. The van der Waals surface area contributed by atoms with E-state index in [4.69, 9.17) is 0 Å². The van der Waals surface area contributed by atoms with E-state index in [0.29, 0.717) is 0 Å². The molecule has 0 unspecified atom stereocenters. The highest BCUT2D eigenvalue weighted by Gasteiger charge is 1.79. The Labute approximate surface area is 68.1 Å². The van der Waals surface area contributed by atoms with Crippen LogP contribution in [0.2, 0.25) is 0 Å². The molecule has 0 bridgehead atoms. The molecule has 0 aromatic rings. The molecule has 0 atom stereocenters. The summed E-state index contributed by atoms with van der Waals surface area (Å²) in [4.78, 5) is 0. The molecule has 0 aromatic carbocycles. The number of rotatable bonds is 4. The largest absolute Gasteiger partial charge is 0.246 e. The molecule has 0 saturated heterocycles. The predicted molar refractivity (Wildman–Crippen MR) is 48.3 cm³/mol. The minimum atomic E-state index is -0.359. The molecule has 0 N–H and O–H groups in total. The minimum absolute atomic E-state index is 0.359. The van der Waals surface area contributed by atoms with Gasteiger partial charge in [0, 0.05) is 0 Å². The fraction of sp³-hybridized carbons (Fsp3) is 0.400. The van der Waals surface area contributed by atoms with E-state index < -0.39 is 0 Å². The Balaban J connectivity index is 3.67. The third-order valence-corrected chi connectivity index (χ3v) is 1.19. The maximum Gasteiger partial charge on any atom is 0.111 e. The second-order valence-electron chi connectivity index (χ2n) is 2.37. The van der Waals surface area contributed by atoms with Gasteiger partial charge in [0.1, 0.15) is 6.67 Å². The van der Waals surface area contributed by atoms with E-state index in [-0.39, 0.29) is 6.67 Å². The van der Waals surface area contributed by atoms with Crippen molar-refractivity contribution in [1.29, 1.82) is 0 Å². The van der Waals surface area contributed by atoms with Gasteiger partial charge in [0.25, 0.3) is 0 Å². The van der Waals surface area contributed by atoms with Crippen molar-refractivity contribution in [2.24, 2.45) is 0 Å². The van der Waals surface area contributed by atoms with E-state index in [0.717, 1.165) is 12.0 Å². The quantitative estimate of drug-likeness (QED) is 0.544. The van der Waals surface area contributed by atoms with E-state index >= 15 is 0 Å². The number of halogens is 1. The second-order valence-corrected chi connectivity index (χ2v) is 2.37. The van der Waals surface area contributed by atoms with Crippen LogP contribution in [0.3, 0.4) is 0 Å². The standard InChI is InChI=1S/C10H15F/c1-3-4-5-6-7-8-10(2)9-11/h4-8H,3,9H2,1-2H3/b5-4+,7-6-,10-8+. The molecule has 0 aliphatic carbocycles. The Morgan fingerprint density at radius 2 is 2.00 bits per heavy atom. The van der Waals surface area contributed by atoms with Crippen molar-refractivity contribution in [3.05, 3.63) is 36.0 Å². The van der Waals surface area contributed by atoms with Crippen LogP contribution in [0.15, 0.2) is 36.0 Å². The molecule has 0 spiro atoms. The second kappa shape index (κ2) is 7.26. The van der Waals surface area contributed by atoms with Crippen LogP contribution in [0.25, 0.3) is 0 Å². The predicted octanol–water partition coefficient (Wildman–Crippen LogP) is 3.42. The van der Waals surface area contributed by atoms with Crippen molar-refractivity contribution >= 4 is 0 Å². The lowest BCUT2D eigenvalue weighted by Gasteiger charge is -1.85. The fourth-order valence-corrected chi connectivity index (χ4v) is 0.543. The Hall–Kier alpha value is -0.850. The van der Waals surface area contributed by atoms with Gasteiger partial charge in [-0.25, -0.2) is 4.39 Å². The van der Waals surface area contributed by atoms with Crippen molar-refractivity contribution in [1.82, 2.24) is 0 Å². The molecular weight excluding hydrogens is 139 g/mol. The van der Waals surface area contributed by atoms with Crippen molar-refractivity contribution < 1.29 is 4.39 Å². The molecule has 11 heavy (non-hydrogen) atoms. The number of allylic oxidation sites excluding steroid dienone is 6. The molecule has 62 valence electrons.